The molecule has 0 unspecified atom stereocenters. The smallest absolute Gasteiger partial charge is 0.238 e. The summed E-state index contributed by atoms with van der Waals surface area (Å²) in [5, 5.41) is 2.95. The molecular weight excluding hydrogens is 375 g/mol. The van der Waals surface area contributed by atoms with E-state index in [2.05, 4.69) is 5.32 Å². The predicted octanol–water partition coefficient (Wildman–Crippen LogP) is 5.08. The minimum atomic E-state index is -0.519. The molecule has 3 aromatic rings. The number of aryl methyl sites for hydroxylation is 1. The number of furan rings is 1. The molecule has 0 saturated heterocycles. The summed E-state index contributed by atoms with van der Waals surface area (Å²) in [5.41, 5.74) is 0.0763. The normalized spacial score (nSPS) is 11.1. The second-order valence-electron chi connectivity index (χ2n) is 5.91. The number of carbonyl (C=O) groups is 1. The molecule has 7 heteroatoms. The Labute approximate surface area is 160 Å². The van der Waals surface area contributed by atoms with Crippen molar-refractivity contribution >= 4 is 34.5 Å². The lowest BCUT2D eigenvalue weighted by molar-refractivity contribution is -0.117. The summed E-state index contributed by atoms with van der Waals surface area (Å²) in [6, 6.07) is 11.8. The predicted molar refractivity (Wildman–Crippen MR) is 102 cm³/mol. The van der Waals surface area contributed by atoms with Gasteiger partial charge >= 0.3 is 0 Å². The fourth-order valence-electron chi connectivity index (χ4n) is 2.57. The second kappa shape index (κ2) is 8.49. The number of carbonyl (C=O) groups excluding carboxylic acids is 1. The summed E-state index contributed by atoms with van der Waals surface area (Å²) >= 11 is 7.55. The summed E-state index contributed by atoms with van der Waals surface area (Å²) < 4.78 is 19.2. The summed E-state index contributed by atoms with van der Waals surface area (Å²) in [5.74, 6) is -0.0692. The Morgan fingerprint density at radius 3 is 2.81 bits per heavy atom. The Morgan fingerprint density at radius 2 is 2.12 bits per heavy atom. The highest BCUT2D eigenvalue weighted by molar-refractivity contribution is 7.11. The summed E-state index contributed by atoms with van der Waals surface area (Å²) in [6.07, 6.45) is 1.60. The van der Waals surface area contributed by atoms with Gasteiger partial charge in [-0.25, -0.2) is 4.39 Å². The molecule has 2 heterocycles. The van der Waals surface area contributed by atoms with Gasteiger partial charge in [0, 0.05) is 21.3 Å². The van der Waals surface area contributed by atoms with Crippen LogP contribution in [0.15, 0.2) is 53.1 Å². The molecule has 0 spiro atoms. The molecule has 0 fully saturated rings. The Morgan fingerprint density at radius 1 is 1.27 bits per heavy atom. The van der Waals surface area contributed by atoms with Gasteiger partial charge < -0.3 is 9.73 Å². The Bertz CT molecular complexity index is 880. The van der Waals surface area contributed by atoms with Crippen LogP contribution in [-0.4, -0.2) is 17.4 Å². The van der Waals surface area contributed by atoms with E-state index in [1.807, 2.05) is 36.1 Å². The molecule has 0 atom stereocenters. The van der Waals surface area contributed by atoms with Gasteiger partial charge in [0.2, 0.25) is 5.91 Å². The maximum Gasteiger partial charge on any atom is 0.238 e. The van der Waals surface area contributed by atoms with Crippen LogP contribution in [0.25, 0.3) is 0 Å². The third-order valence-electron chi connectivity index (χ3n) is 3.70. The molecular formula is C19H18ClFN2O2S. The van der Waals surface area contributed by atoms with Gasteiger partial charge in [-0.2, -0.15) is 0 Å². The van der Waals surface area contributed by atoms with E-state index in [4.69, 9.17) is 16.0 Å². The van der Waals surface area contributed by atoms with E-state index in [1.165, 1.54) is 23.1 Å². The number of amides is 1. The molecule has 1 N–H and O–H groups in total. The van der Waals surface area contributed by atoms with E-state index < -0.39 is 5.82 Å². The van der Waals surface area contributed by atoms with Crippen LogP contribution < -0.4 is 5.32 Å². The molecule has 0 bridgehead atoms. The van der Waals surface area contributed by atoms with Crippen molar-refractivity contribution in [2.75, 3.05) is 11.9 Å². The quantitative estimate of drug-likeness (QED) is 0.609. The van der Waals surface area contributed by atoms with Gasteiger partial charge in [0.1, 0.15) is 11.6 Å². The molecule has 1 aromatic carbocycles. The van der Waals surface area contributed by atoms with Gasteiger partial charge in [-0.1, -0.05) is 11.6 Å². The Balaban J connectivity index is 1.69. The van der Waals surface area contributed by atoms with Crippen LogP contribution >= 0.6 is 22.9 Å². The van der Waals surface area contributed by atoms with Crippen LogP contribution in [0.1, 0.15) is 15.5 Å². The van der Waals surface area contributed by atoms with Crippen molar-refractivity contribution < 1.29 is 13.6 Å². The Kier molecular flexibility index (Phi) is 6.08. The first-order valence-corrected chi connectivity index (χ1v) is 9.24. The highest BCUT2D eigenvalue weighted by Crippen LogP contribution is 2.21. The lowest BCUT2D eigenvalue weighted by atomic mass is 10.3. The number of nitrogens with zero attached hydrogens (tertiary/aromatic N) is 1. The summed E-state index contributed by atoms with van der Waals surface area (Å²) in [7, 11) is 0. The molecule has 0 aliphatic rings. The van der Waals surface area contributed by atoms with Crippen LogP contribution in [-0.2, 0) is 17.9 Å². The van der Waals surface area contributed by atoms with Crippen molar-refractivity contribution in [3.05, 3.63) is 75.1 Å². The van der Waals surface area contributed by atoms with E-state index in [0.717, 1.165) is 10.6 Å². The number of rotatable bonds is 7. The maximum absolute atomic E-state index is 13.8. The van der Waals surface area contributed by atoms with Crippen LogP contribution in [0, 0.1) is 12.7 Å². The average Bonchev–Trinajstić information content (AvgIpc) is 3.23. The van der Waals surface area contributed by atoms with Gasteiger partial charge in [-0.05, 0) is 49.4 Å². The number of hydrogen-bond donors (Lipinski definition) is 1. The van der Waals surface area contributed by atoms with Gasteiger partial charge in [-0.15, -0.1) is 11.3 Å². The van der Waals surface area contributed by atoms with E-state index in [0.29, 0.717) is 18.1 Å². The number of halogens is 2. The number of hydrogen-bond acceptors (Lipinski definition) is 4. The van der Waals surface area contributed by atoms with Crippen molar-refractivity contribution in [3.8, 4) is 0 Å². The van der Waals surface area contributed by atoms with Crippen molar-refractivity contribution in [2.24, 2.45) is 0 Å². The fourth-order valence-corrected chi connectivity index (χ4v) is 3.67. The standard InChI is InChI=1S/C19H18ClFN2O2S/c1-13-4-6-16(26-13)11-23(10-15-3-2-8-25-15)12-19(24)22-18-9-14(20)5-7-17(18)21/h2-9H,10-12H2,1H3,(H,22,24). The molecule has 0 radical (unpaired) electrons. The van der Waals surface area contributed by atoms with E-state index in [-0.39, 0.29) is 18.1 Å². The molecule has 136 valence electrons. The van der Waals surface area contributed by atoms with Crippen molar-refractivity contribution in [1.82, 2.24) is 4.90 Å². The van der Waals surface area contributed by atoms with Gasteiger partial charge in [0.05, 0.1) is 25.0 Å². The van der Waals surface area contributed by atoms with E-state index >= 15 is 0 Å². The molecule has 1 amide bonds. The third kappa shape index (κ3) is 5.17. The molecule has 3 rings (SSSR count). The van der Waals surface area contributed by atoms with E-state index in [1.54, 1.807) is 17.6 Å². The van der Waals surface area contributed by atoms with Crippen LogP contribution in [0.5, 0.6) is 0 Å². The van der Waals surface area contributed by atoms with Crippen LogP contribution in [0.4, 0.5) is 10.1 Å². The Hall–Kier alpha value is -2.15. The average molecular weight is 393 g/mol. The highest BCUT2D eigenvalue weighted by Gasteiger charge is 2.16. The van der Waals surface area contributed by atoms with Crippen molar-refractivity contribution in [1.29, 1.82) is 0 Å². The molecule has 0 aliphatic carbocycles. The molecule has 0 aliphatic heterocycles. The molecule has 2 aromatic heterocycles. The van der Waals surface area contributed by atoms with Gasteiger partial charge in [0.15, 0.2) is 0 Å². The first-order chi connectivity index (χ1) is 12.5. The SMILES string of the molecule is Cc1ccc(CN(CC(=O)Nc2cc(Cl)ccc2F)Cc2ccco2)s1. The zero-order valence-electron chi connectivity index (χ0n) is 14.2. The lowest BCUT2D eigenvalue weighted by Crippen LogP contribution is -2.32. The minimum Gasteiger partial charge on any atom is -0.468 e. The summed E-state index contributed by atoms with van der Waals surface area (Å²) in [6.45, 7) is 3.23. The van der Waals surface area contributed by atoms with Gasteiger partial charge in [-0.3, -0.25) is 9.69 Å². The van der Waals surface area contributed by atoms with Crippen LogP contribution in [0.2, 0.25) is 5.02 Å². The van der Waals surface area contributed by atoms with E-state index in [9.17, 15) is 9.18 Å². The fraction of sp³-hybridized carbons (Fsp3) is 0.211. The maximum atomic E-state index is 13.8. The number of anilines is 1. The largest absolute Gasteiger partial charge is 0.468 e. The lowest BCUT2D eigenvalue weighted by Gasteiger charge is -2.20. The molecule has 4 nitrogen and oxygen atoms in total. The topological polar surface area (TPSA) is 45.5 Å². The van der Waals surface area contributed by atoms with Crippen LogP contribution in [0.3, 0.4) is 0 Å². The van der Waals surface area contributed by atoms with Crippen molar-refractivity contribution in [3.63, 3.8) is 0 Å². The molecule has 0 saturated carbocycles. The monoisotopic (exact) mass is 392 g/mol. The first kappa shape index (κ1) is 18.6. The summed E-state index contributed by atoms with van der Waals surface area (Å²) in [4.78, 5) is 16.7. The molecule has 26 heavy (non-hydrogen) atoms. The minimum absolute atomic E-state index is 0.0763. The third-order valence-corrected chi connectivity index (χ3v) is 4.93. The first-order valence-electron chi connectivity index (χ1n) is 8.04. The second-order valence-corrected chi connectivity index (χ2v) is 7.72. The highest BCUT2D eigenvalue weighted by atomic mass is 35.5. The number of nitrogens with one attached hydrogen (secondary N) is 1. The zero-order valence-corrected chi connectivity index (χ0v) is 15.7. The number of thiophene rings is 1. The number of benzene rings is 1. The van der Waals surface area contributed by atoms with Crippen molar-refractivity contribution in [2.45, 2.75) is 20.0 Å². The van der Waals surface area contributed by atoms with Gasteiger partial charge in [0.25, 0.3) is 0 Å². The zero-order chi connectivity index (χ0) is 18.5.